The lowest BCUT2D eigenvalue weighted by atomic mass is 10.2. The molecule has 9 heteroatoms. The molecule has 0 unspecified atom stereocenters. The lowest BCUT2D eigenvalue weighted by Gasteiger charge is -2.08. The zero-order valence-corrected chi connectivity index (χ0v) is 13.1. The van der Waals surface area contributed by atoms with Crippen LogP contribution in [0.25, 0.3) is 0 Å². The van der Waals surface area contributed by atoms with E-state index in [2.05, 4.69) is 10.3 Å². The summed E-state index contributed by atoms with van der Waals surface area (Å²) in [5, 5.41) is 1.97. The summed E-state index contributed by atoms with van der Waals surface area (Å²) in [5.74, 6) is -0.907. The van der Waals surface area contributed by atoms with E-state index in [4.69, 9.17) is 0 Å². The predicted molar refractivity (Wildman–Crippen MR) is 80.1 cm³/mol. The minimum atomic E-state index is -4.58. The van der Waals surface area contributed by atoms with Crippen molar-refractivity contribution in [3.8, 4) is 0 Å². The number of rotatable bonds is 5. The van der Waals surface area contributed by atoms with E-state index in [9.17, 15) is 26.4 Å². The molecule has 0 saturated heterocycles. The molecule has 0 radical (unpaired) electrons. The van der Waals surface area contributed by atoms with Gasteiger partial charge >= 0.3 is 6.18 Å². The molecule has 1 amide bonds. The predicted octanol–water partition coefficient (Wildman–Crippen LogP) is 2.30. The molecule has 0 spiro atoms. The molecule has 0 bridgehead atoms. The van der Waals surface area contributed by atoms with Gasteiger partial charge in [-0.25, -0.2) is 13.4 Å². The fourth-order valence-electron chi connectivity index (χ4n) is 1.83. The van der Waals surface area contributed by atoms with Crippen LogP contribution in [0.3, 0.4) is 0 Å². The van der Waals surface area contributed by atoms with Gasteiger partial charge in [-0.1, -0.05) is 18.2 Å². The topological polar surface area (TPSA) is 76.1 Å². The Bertz CT molecular complexity index is 804. The van der Waals surface area contributed by atoms with E-state index < -0.39 is 38.3 Å². The number of carbonyl (C=O) groups excluding carboxylic acids is 1. The Kier molecular flexibility index (Phi) is 5.23. The molecule has 1 aromatic carbocycles. The van der Waals surface area contributed by atoms with E-state index in [-0.39, 0.29) is 6.54 Å². The SMILES string of the molecule is O=C(NCCS(=O)(=O)c1ccc(C(F)(F)F)cn1)c1ccccc1. The molecule has 5 nitrogen and oxygen atoms in total. The molecule has 2 aromatic rings. The molecule has 1 heterocycles. The van der Waals surface area contributed by atoms with Gasteiger partial charge in [0.1, 0.15) is 0 Å². The van der Waals surface area contributed by atoms with Gasteiger partial charge in [0.05, 0.1) is 11.3 Å². The van der Waals surface area contributed by atoms with Crippen LogP contribution >= 0.6 is 0 Å². The summed E-state index contributed by atoms with van der Waals surface area (Å²) in [6.07, 6.45) is -4.12. The lowest BCUT2D eigenvalue weighted by molar-refractivity contribution is -0.137. The normalized spacial score (nSPS) is 12.0. The average molecular weight is 358 g/mol. The highest BCUT2D eigenvalue weighted by Gasteiger charge is 2.31. The van der Waals surface area contributed by atoms with Crippen molar-refractivity contribution in [2.24, 2.45) is 0 Å². The number of pyridine rings is 1. The summed E-state index contributed by atoms with van der Waals surface area (Å²) >= 11 is 0. The lowest BCUT2D eigenvalue weighted by Crippen LogP contribution is -2.29. The average Bonchev–Trinajstić information content (AvgIpc) is 2.55. The first-order chi connectivity index (χ1) is 11.2. The standard InChI is InChI=1S/C15H13F3N2O3S/c16-15(17,18)12-6-7-13(20-10-12)24(22,23)9-8-19-14(21)11-4-2-1-3-5-11/h1-7,10H,8-9H2,(H,19,21). The van der Waals surface area contributed by atoms with Crippen molar-refractivity contribution in [3.63, 3.8) is 0 Å². The number of nitrogens with zero attached hydrogens (tertiary/aromatic N) is 1. The molecule has 0 saturated carbocycles. The first-order valence-electron chi connectivity index (χ1n) is 6.79. The van der Waals surface area contributed by atoms with Gasteiger partial charge in [0.15, 0.2) is 14.9 Å². The second-order valence-corrected chi connectivity index (χ2v) is 6.88. The van der Waals surface area contributed by atoms with Crippen molar-refractivity contribution in [2.45, 2.75) is 11.2 Å². The largest absolute Gasteiger partial charge is 0.417 e. The Balaban J connectivity index is 1.98. The highest BCUT2D eigenvalue weighted by atomic mass is 32.2. The Labute approximate surface area is 136 Å². The Morgan fingerprint density at radius 3 is 2.29 bits per heavy atom. The number of nitrogens with one attached hydrogen (secondary N) is 1. The second kappa shape index (κ2) is 7.00. The highest BCUT2D eigenvalue weighted by Crippen LogP contribution is 2.28. The third-order valence-corrected chi connectivity index (χ3v) is 4.70. The molecule has 128 valence electrons. The number of benzene rings is 1. The monoisotopic (exact) mass is 358 g/mol. The first kappa shape index (κ1) is 17.9. The fourth-order valence-corrected chi connectivity index (χ4v) is 2.90. The summed E-state index contributed by atoms with van der Waals surface area (Å²) < 4.78 is 61.3. The number of hydrogen-bond donors (Lipinski definition) is 1. The number of aromatic nitrogens is 1. The number of hydrogen-bond acceptors (Lipinski definition) is 4. The highest BCUT2D eigenvalue weighted by molar-refractivity contribution is 7.91. The molecule has 1 aromatic heterocycles. The van der Waals surface area contributed by atoms with Gasteiger partial charge in [0.2, 0.25) is 0 Å². The summed E-state index contributed by atoms with van der Waals surface area (Å²) in [6, 6.07) is 9.66. The molecule has 2 rings (SSSR count). The molecule has 0 aliphatic carbocycles. The van der Waals surface area contributed by atoms with Gasteiger partial charge in [-0.2, -0.15) is 13.2 Å². The van der Waals surface area contributed by atoms with Crippen LogP contribution in [0, 0.1) is 0 Å². The van der Waals surface area contributed by atoms with Crippen molar-refractivity contribution >= 4 is 15.7 Å². The third-order valence-electron chi connectivity index (χ3n) is 3.07. The fraction of sp³-hybridized carbons (Fsp3) is 0.200. The molecule has 0 aliphatic heterocycles. The Morgan fingerprint density at radius 1 is 1.08 bits per heavy atom. The number of halogens is 3. The Hall–Kier alpha value is -2.42. The zero-order valence-electron chi connectivity index (χ0n) is 12.2. The third kappa shape index (κ3) is 4.54. The van der Waals surface area contributed by atoms with Crippen LogP contribution in [0.15, 0.2) is 53.7 Å². The minimum Gasteiger partial charge on any atom is -0.351 e. The van der Waals surface area contributed by atoms with E-state index in [1.807, 2.05) is 0 Å². The summed E-state index contributed by atoms with van der Waals surface area (Å²) in [7, 11) is -3.89. The maximum absolute atomic E-state index is 12.4. The van der Waals surface area contributed by atoms with E-state index in [1.165, 1.54) is 0 Å². The van der Waals surface area contributed by atoms with Crippen molar-refractivity contribution in [3.05, 3.63) is 59.8 Å². The quantitative estimate of drug-likeness (QED) is 0.890. The van der Waals surface area contributed by atoms with Gasteiger partial charge in [0, 0.05) is 18.3 Å². The van der Waals surface area contributed by atoms with Gasteiger partial charge in [-0.15, -0.1) is 0 Å². The van der Waals surface area contributed by atoms with Gasteiger partial charge in [-0.3, -0.25) is 4.79 Å². The number of amides is 1. The Morgan fingerprint density at radius 2 is 1.75 bits per heavy atom. The van der Waals surface area contributed by atoms with Crippen LogP contribution in [-0.2, 0) is 16.0 Å². The molecule has 24 heavy (non-hydrogen) atoms. The van der Waals surface area contributed by atoms with E-state index >= 15 is 0 Å². The number of sulfone groups is 1. The minimum absolute atomic E-state index is 0.182. The summed E-state index contributed by atoms with van der Waals surface area (Å²) in [4.78, 5) is 15.1. The van der Waals surface area contributed by atoms with Crippen LogP contribution in [0.4, 0.5) is 13.2 Å². The summed E-state index contributed by atoms with van der Waals surface area (Å²) in [6.45, 7) is -0.182. The van der Waals surface area contributed by atoms with Gasteiger partial charge in [-0.05, 0) is 24.3 Å². The van der Waals surface area contributed by atoms with Crippen molar-refractivity contribution in [1.82, 2.24) is 10.3 Å². The molecule has 0 fully saturated rings. The molecular formula is C15H13F3N2O3S. The van der Waals surface area contributed by atoms with Crippen LogP contribution in [0.2, 0.25) is 0 Å². The van der Waals surface area contributed by atoms with Crippen LogP contribution in [0.1, 0.15) is 15.9 Å². The molecule has 1 N–H and O–H groups in total. The van der Waals surface area contributed by atoms with E-state index in [0.717, 1.165) is 6.07 Å². The van der Waals surface area contributed by atoms with Crippen molar-refractivity contribution in [2.75, 3.05) is 12.3 Å². The smallest absolute Gasteiger partial charge is 0.351 e. The number of alkyl halides is 3. The maximum Gasteiger partial charge on any atom is 0.417 e. The zero-order chi connectivity index (χ0) is 17.8. The van der Waals surface area contributed by atoms with Crippen LogP contribution < -0.4 is 5.32 Å². The van der Waals surface area contributed by atoms with Crippen molar-refractivity contribution in [1.29, 1.82) is 0 Å². The van der Waals surface area contributed by atoms with Crippen LogP contribution in [-0.4, -0.2) is 31.6 Å². The molecule has 0 atom stereocenters. The maximum atomic E-state index is 12.4. The molecule has 0 aliphatic rings. The number of carbonyl (C=O) groups is 1. The van der Waals surface area contributed by atoms with Gasteiger partial charge < -0.3 is 5.32 Å². The van der Waals surface area contributed by atoms with Gasteiger partial charge in [0.25, 0.3) is 5.91 Å². The van der Waals surface area contributed by atoms with E-state index in [0.29, 0.717) is 17.8 Å². The first-order valence-corrected chi connectivity index (χ1v) is 8.44. The van der Waals surface area contributed by atoms with Crippen molar-refractivity contribution < 1.29 is 26.4 Å². The van der Waals surface area contributed by atoms with E-state index in [1.54, 1.807) is 30.3 Å². The second-order valence-electron chi connectivity index (χ2n) is 4.82. The molecular weight excluding hydrogens is 345 g/mol. The van der Waals surface area contributed by atoms with Crippen LogP contribution in [0.5, 0.6) is 0 Å². The summed E-state index contributed by atoms with van der Waals surface area (Å²) in [5.41, 5.74) is -0.651.